The van der Waals surface area contributed by atoms with Gasteiger partial charge in [0.2, 0.25) is 0 Å². The second-order valence-electron chi connectivity index (χ2n) is 4.37. The first-order chi connectivity index (χ1) is 8.33. The summed E-state index contributed by atoms with van der Waals surface area (Å²) in [5, 5.41) is 3.35. The Morgan fingerprint density at radius 3 is 2.88 bits per heavy atom. The highest BCUT2D eigenvalue weighted by Crippen LogP contribution is 2.30. The Morgan fingerprint density at radius 1 is 1.41 bits per heavy atom. The number of benzene rings is 1. The zero-order chi connectivity index (χ0) is 12.1. The molecule has 0 bridgehead atoms. The van der Waals surface area contributed by atoms with Crippen LogP contribution in [0.25, 0.3) is 0 Å². The van der Waals surface area contributed by atoms with E-state index < -0.39 is 0 Å². The fourth-order valence-corrected chi connectivity index (χ4v) is 2.44. The Hall–Kier alpha value is -1.35. The molecule has 0 spiro atoms. The summed E-state index contributed by atoms with van der Waals surface area (Å²) in [4.78, 5) is 11.9. The Balaban J connectivity index is 2.15. The minimum absolute atomic E-state index is 0.00130. The number of piperidine rings is 1. The van der Waals surface area contributed by atoms with Crippen molar-refractivity contribution in [2.45, 2.75) is 19.3 Å². The molecule has 3 nitrogen and oxygen atoms in total. The van der Waals surface area contributed by atoms with Gasteiger partial charge in [-0.25, -0.2) is 0 Å². The lowest BCUT2D eigenvalue weighted by Crippen LogP contribution is -2.39. The fraction of sp³-hybridized carbons (Fsp3) is 0.500. The Kier molecular flexibility index (Phi) is 4.15. The summed E-state index contributed by atoms with van der Waals surface area (Å²) in [6, 6.07) is 10.2. The molecule has 0 aromatic heterocycles. The molecule has 3 heteroatoms. The lowest BCUT2D eigenvalue weighted by Gasteiger charge is -2.30. The smallest absolute Gasteiger partial charge is 0.309 e. The summed E-state index contributed by atoms with van der Waals surface area (Å²) < 4.78 is 5.17. The first-order valence-corrected chi connectivity index (χ1v) is 6.25. The molecule has 1 N–H and O–H groups in total. The standard InChI is InChI=1S/C14H19NO2/c1-2-17-14(16)12-8-9-15-10-13(12)11-6-4-3-5-7-11/h3-7,12-13,15H,2,8-10H2,1H3/t12-,13-/m1/s1. The van der Waals surface area contributed by atoms with Crippen LogP contribution >= 0.6 is 0 Å². The van der Waals surface area contributed by atoms with E-state index in [2.05, 4.69) is 17.4 Å². The van der Waals surface area contributed by atoms with Gasteiger partial charge in [-0.3, -0.25) is 4.79 Å². The lowest BCUT2D eigenvalue weighted by molar-refractivity contribution is -0.149. The fourth-order valence-electron chi connectivity index (χ4n) is 2.44. The minimum Gasteiger partial charge on any atom is -0.466 e. The number of hydrogen-bond donors (Lipinski definition) is 1. The average molecular weight is 233 g/mol. The third-order valence-corrected chi connectivity index (χ3v) is 3.30. The van der Waals surface area contributed by atoms with Gasteiger partial charge in [0.25, 0.3) is 0 Å². The third kappa shape index (κ3) is 2.86. The topological polar surface area (TPSA) is 38.3 Å². The molecule has 17 heavy (non-hydrogen) atoms. The molecule has 92 valence electrons. The maximum absolute atomic E-state index is 11.9. The van der Waals surface area contributed by atoms with Crippen molar-refractivity contribution in [2.24, 2.45) is 5.92 Å². The molecular weight excluding hydrogens is 214 g/mol. The third-order valence-electron chi connectivity index (χ3n) is 3.30. The molecule has 1 heterocycles. The number of rotatable bonds is 3. The van der Waals surface area contributed by atoms with Crippen LogP contribution in [0.3, 0.4) is 0 Å². The Morgan fingerprint density at radius 2 is 2.18 bits per heavy atom. The van der Waals surface area contributed by atoms with E-state index in [0.29, 0.717) is 6.61 Å². The van der Waals surface area contributed by atoms with E-state index in [1.165, 1.54) is 5.56 Å². The summed E-state index contributed by atoms with van der Waals surface area (Å²) >= 11 is 0. The molecule has 1 saturated heterocycles. The van der Waals surface area contributed by atoms with E-state index in [1.54, 1.807) is 0 Å². The van der Waals surface area contributed by atoms with Crippen molar-refractivity contribution < 1.29 is 9.53 Å². The van der Waals surface area contributed by atoms with Gasteiger partial charge in [0.15, 0.2) is 0 Å². The quantitative estimate of drug-likeness (QED) is 0.811. The van der Waals surface area contributed by atoms with Crippen molar-refractivity contribution in [3.05, 3.63) is 35.9 Å². The number of esters is 1. The number of hydrogen-bond acceptors (Lipinski definition) is 3. The molecule has 0 aliphatic carbocycles. The number of carbonyl (C=O) groups is 1. The van der Waals surface area contributed by atoms with Crippen LogP contribution in [0.1, 0.15) is 24.8 Å². The first-order valence-electron chi connectivity index (χ1n) is 6.25. The van der Waals surface area contributed by atoms with Crippen LogP contribution in [0.4, 0.5) is 0 Å². The Bertz CT molecular complexity index is 364. The Labute approximate surface area is 102 Å². The van der Waals surface area contributed by atoms with Gasteiger partial charge in [-0.15, -0.1) is 0 Å². The van der Waals surface area contributed by atoms with E-state index in [1.807, 2.05) is 25.1 Å². The van der Waals surface area contributed by atoms with E-state index in [-0.39, 0.29) is 17.8 Å². The van der Waals surface area contributed by atoms with Crippen molar-refractivity contribution in [2.75, 3.05) is 19.7 Å². The van der Waals surface area contributed by atoms with Crippen LogP contribution in [0.15, 0.2) is 30.3 Å². The van der Waals surface area contributed by atoms with Crippen molar-refractivity contribution in [3.63, 3.8) is 0 Å². The van der Waals surface area contributed by atoms with Gasteiger partial charge in [0, 0.05) is 12.5 Å². The second-order valence-corrected chi connectivity index (χ2v) is 4.37. The van der Waals surface area contributed by atoms with Crippen LogP contribution in [0.5, 0.6) is 0 Å². The molecular formula is C14H19NO2. The molecule has 1 aromatic carbocycles. The molecule has 1 aromatic rings. The first kappa shape index (κ1) is 12.1. The minimum atomic E-state index is -0.0529. The average Bonchev–Trinajstić information content (AvgIpc) is 2.40. The number of nitrogens with one attached hydrogen (secondary N) is 1. The van der Waals surface area contributed by atoms with Crippen molar-refractivity contribution >= 4 is 5.97 Å². The number of carbonyl (C=O) groups excluding carboxylic acids is 1. The molecule has 1 aliphatic rings. The molecule has 0 saturated carbocycles. The van der Waals surface area contributed by atoms with E-state index in [9.17, 15) is 4.79 Å². The highest BCUT2D eigenvalue weighted by molar-refractivity contribution is 5.74. The SMILES string of the molecule is CCOC(=O)[C@@H]1CCNC[C@@H]1c1ccccc1. The van der Waals surface area contributed by atoms with Gasteiger partial charge < -0.3 is 10.1 Å². The largest absolute Gasteiger partial charge is 0.466 e. The van der Waals surface area contributed by atoms with Gasteiger partial charge >= 0.3 is 5.97 Å². The van der Waals surface area contributed by atoms with E-state index in [0.717, 1.165) is 19.5 Å². The van der Waals surface area contributed by atoms with Crippen LogP contribution in [0, 0.1) is 5.92 Å². The van der Waals surface area contributed by atoms with Crippen LogP contribution in [-0.2, 0) is 9.53 Å². The normalized spacial score (nSPS) is 24.3. The zero-order valence-corrected chi connectivity index (χ0v) is 10.2. The molecule has 1 aliphatic heterocycles. The predicted octanol–water partition coefficient (Wildman–Crippen LogP) is 1.94. The van der Waals surface area contributed by atoms with Gasteiger partial charge in [0.05, 0.1) is 12.5 Å². The molecule has 2 atom stereocenters. The highest BCUT2D eigenvalue weighted by atomic mass is 16.5. The second kappa shape index (κ2) is 5.82. The van der Waals surface area contributed by atoms with Crippen molar-refractivity contribution in [1.29, 1.82) is 0 Å². The predicted molar refractivity (Wildman–Crippen MR) is 66.8 cm³/mol. The maximum Gasteiger partial charge on any atom is 0.309 e. The van der Waals surface area contributed by atoms with Gasteiger partial charge in [-0.1, -0.05) is 30.3 Å². The van der Waals surface area contributed by atoms with Gasteiger partial charge in [-0.2, -0.15) is 0 Å². The molecule has 0 amide bonds. The van der Waals surface area contributed by atoms with Gasteiger partial charge in [0.1, 0.15) is 0 Å². The van der Waals surface area contributed by atoms with Crippen molar-refractivity contribution in [3.8, 4) is 0 Å². The van der Waals surface area contributed by atoms with Crippen LogP contribution in [-0.4, -0.2) is 25.7 Å². The summed E-state index contributed by atoms with van der Waals surface area (Å²) in [7, 11) is 0. The lowest BCUT2D eigenvalue weighted by atomic mass is 9.81. The zero-order valence-electron chi connectivity index (χ0n) is 10.2. The summed E-state index contributed by atoms with van der Waals surface area (Å²) in [6.45, 7) is 4.07. The molecule has 0 radical (unpaired) electrons. The van der Waals surface area contributed by atoms with Crippen LogP contribution < -0.4 is 5.32 Å². The highest BCUT2D eigenvalue weighted by Gasteiger charge is 2.32. The number of ether oxygens (including phenoxy) is 1. The maximum atomic E-state index is 11.9. The van der Waals surface area contributed by atoms with Gasteiger partial charge in [-0.05, 0) is 25.5 Å². The van der Waals surface area contributed by atoms with Crippen molar-refractivity contribution in [1.82, 2.24) is 5.32 Å². The van der Waals surface area contributed by atoms with E-state index >= 15 is 0 Å². The van der Waals surface area contributed by atoms with Crippen LogP contribution in [0.2, 0.25) is 0 Å². The summed E-state index contributed by atoms with van der Waals surface area (Å²) in [6.07, 6.45) is 0.860. The van der Waals surface area contributed by atoms with E-state index in [4.69, 9.17) is 4.74 Å². The summed E-state index contributed by atoms with van der Waals surface area (Å²) in [5.74, 6) is 0.186. The molecule has 2 rings (SSSR count). The molecule has 1 fully saturated rings. The molecule has 0 unspecified atom stereocenters. The monoisotopic (exact) mass is 233 g/mol. The summed E-state index contributed by atoms with van der Waals surface area (Å²) in [5.41, 5.74) is 1.22.